The van der Waals surface area contributed by atoms with Gasteiger partial charge in [0, 0.05) is 10.7 Å². The van der Waals surface area contributed by atoms with E-state index in [9.17, 15) is 18.0 Å². The molecule has 1 aromatic heterocycles. The summed E-state index contributed by atoms with van der Waals surface area (Å²) in [6, 6.07) is 14.4. The molecule has 0 saturated carbocycles. The molecule has 0 aliphatic rings. The monoisotopic (exact) mass is 449 g/mol. The van der Waals surface area contributed by atoms with Crippen molar-refractivity contribution in [3.8, 4) is 0 Å². The van der Waals surface area contributed by atoms with E-state index in [1.807, 2.05) is 6.07 Å². The van der Waals surface area contributed by atoms with Gasteiger partial charge in [-0.05, 0) is 43.3 Å². The minimum atomic E-state index is -4.04. The van der Waals surface area contributed by atoms with Gasteiger partial charge in [0.1, 0.15) is 0 Å². The SMILES string of the molecule is CC(Sc1ncc(S(=O)(=O)c2ccc(Cl)cc2)c(=O)[nH]1)C(=O)Nc1ccccc1. The Labute approximate surface area is 176 Å². The highest BCUT2D eigenvalue weighted by Gasteiger charge is 2.23. The van der Waals surface area contributed by atoms with Crippen LogP contribution in [0.1, 0.15) is 6.92 Å². The number of sulfone groups is 1. The van der Waals surface area contributed by atoms with Crippen LogP contribution in [0.2, 0.25) is 5.02 Å². The van der Waals surface area contributed by atoms with E-state index in [4.69, 9.17) is 11.6 Å². The van der Waals surface area contributed by atoms with E-state index in [2.05, 4.69) is 15.3 Å². The summed E-state index contributed by atoms with van der Waals surface area (Å²) in [4.78, 5) is 30.5. The zero-order chi connectivity index (χ0) is 21.0. The van der Waals surface area contributed by atoms with Gasteiger partial charge >= 0.3 is 0 Å². The first-order valence-electron chi connectivity index (χ1n) is 8.40. The molecule has 1 atom stereocenters. The fraction of sp³-hybridized carbons (Fsp3) is 0.105. The molecule has 0 fully saturated rings. The number of halogens is 1. The number of amides is 1. The van der Waals surface area contributed by atoms with Gasteiger partial charge in [-0.3, -0.25) is 9.59 Å². The molecule has 0 aliphatic carbocycles. The summed E-state index contributed by atoms with van der Waals surface area (Å²) >= 11 is 6.79. The van der Waals surface area contributed by atoms with Crippen molar-refractivity contribution in [2.45, 2.75) is 27.1 Å². The van der Waals surface area contributed by atoms with Crippen LogP contribution in [-0.4, -0.2) is 29.5 Å². The summed E-state index contributed by atoms with van der Waals surface area (Å²) in [7, 11) is -4.04. The average Bonchev–Trinajstić information content (AvgIpc) is 2.69. The van der Waals surface area contributed by atoms with Crippen molar-refractivity contribution in [2.24, 2.45) is 0 Å². The Hall–Kier alpha value is -2.62. The zero-order valence-electron chi connectivity index (χ0n) is 15.1. The smallest absolute Gasteiger partial charge is 0.270 e. The lowest BCUT2D eigenvalue weighted by atomic mass is 10.3. The van der Waals surface area contributed by atoms with Crippen LogP contribution in [0.3, 0.4) is 0 Å². The third-order valence-electron chi connectivity index (χ3n) is 3.86. The Bertz CT molecular complexity index is 1180. The number of H-pyrrole nitrogens is 1. The number of anilines is 1. The van der Waals surface area contributed by atoms with Crippen LogP contribution in [-0.2, 0) is 14.6 Å². The van der Waals surface area contributed by atoms with Crippen molar-refractivity contribution < 1.29 is 13.2 Å². The van der Waals surface area contributed by atoms with E-state index >= 15 is 0 Å². The third kappa shape index (κ3) is 5.06. The molecule has 0 saturated heterocycles. The van der Waals surface area contributed by atoms with Crippen LogP contribution >= 0.6 is 23.4 Å². The van der Waals surface area contributed by atoms with Gasteiger partial charge in [-0.25, -0.2) is 13.4 Å². The molecule has 2 N–H and O–H groups in total. The Morgan fingerprint density at radius 2 is 1.79 bits per heavy atom. The molecule has 7 nitrogen and oxygen atoms in total. The fourth-order valence-corrected chi connectivity index (χ4v) is 4.47. The van der Waals surface area contributed by atoms with E-state index in [1.165, 1.54) is 24.3 Å². The molecular weight excluding hydrogens is 434 g/mol. The highest BCUT2D eigenvalue weighted by atomic mass is 35.5. The summed E-state index contributed by atoms with van der Waals surface area (Å²) in [5.74, 6) is -0.276. The largest absolute Gasteiger partial charge is 0.325 e. The molecule has 3 aromatic rings. The van der Waals surface area contributed by atoms with Gasteiger partial charge in [-0.1, -0.05) is 41.6 Å². The lowest BCUT2D eigenvalue weighted by Crippen LogP contribution is -2.24. The number of hydrogen-bond donors (Lipinski definition) is 2. The van der Waals surface area contributed by atoms with E-state index < -0.39 is 25.5 Å². The predicted molar refractivity (Wildman–Crippen MR) is 112 cm³/mol. The quantitative estimate of drug-likeness (QED) is 0.441. The maximum atomic E-state index is 12.6. The van der Waals surface area contributed by atoms with Crippen LogP contribution in [0.25, 0.3) is 0 Å². The van der Waals surface area contributed by atoms with Gasteiger partial charge in [0.25, 0.3) is 5.56 Å². The number of hydrogen-bond acceptors (Lipinski definition) is 6. The first-order chi connectivity index (χ1) is 13.8. The number of nitrogens with zero attached hydrogens (tertiary/aromatic N) is 1. The van der Waals surface area contributed by atoms with Gasteiger partial charge in [0.15, 0.2) is 10.1 Å². The lowest BCUT2D eigenvalue weighted by Gasteiger charge is -2.11. The predicted octanol–water partition coefficient (Wildman–Crippen LogP) is 3.38. The van der Waals surface area contributed by atoms with Crippen molar-refractivity contribution in [3.63, 3.8) is 0 Å². The highest BCUT2D eigenvalue weighted by molar-refractivity contribution is 8.00. The van der Waals surface area contributed by atoms with Gasteiger partial charge in [-0.2, -0.15) is 0 Å². The second-order valence-electron chi connectivity index (χ2n) is 5.95. The molecule has 1 unspecified atom stereocenters. The first kappa shape index (κ1) is 21.1. The number of carbonyl (C=O) groups is 1. The minimum absolute atomic E-state index is 0.0646. The zero-order valence-corrected chi connectivity index (χ0v) is 17.5. The van der Waals surface area contributed by atoms with E-state index in [0.717, 1.165) is 18.0 Å². The topological polar surface area (TPSA) is 109 Å². The first-order valence-corrected chi connectivity index (χ1v) is 11.1. The molecule has 2 aromatic carbocycles. The van der Waals surface area contributed by atoms with E-state index in [-0.39, 0.29) is 16.0 Å². The minimum Gasteiger partial charge on any atom is -0.325 e. The van der Waals surface area contributed by atoms with E-state index in [0.29, 0.717) is 10.7 Å². The standard InChI is InChI=1S/C19H16ClN3O4S2/c1-12(17(24)22-14-5-3-2-4-6-14)28-19-21-11-16(18(25)23-19)29(26,27)15-9-7-13(20)8-10-15/h2-12H,1H3,(H,22,24)(H,21,23,25). The van der Waals surface area contributed by atoms with Crippen molar-refractivity contribution >= 4 is 44.8 Å². The number of rotatable bonds is 6. The lowest BCUT2D eigenvalue weighted by molar-refractivity contribution is -0.115. The maximum Gasteiger partial charge on any atom is 0.270 e. The number of thioether (sulfide) groups is 1. The summed E-state index contributed by atoms with van der Waals surface area (Å²) in [5.41, 5.74) is -0.163. The van der Waals surface area contributed by atoms with Gasteiger partial charge in [0.05, 0.1) is 16.3 Å². The van der Waals surface area contributed by atoms with Gasteiger partial charge in [-0.15, -0.1) is 0 Å². The van der Waals surface area contributed by atoms with Crippen molar-refractivity contribution in [2.75, 3.05) is 5.32 Å². The Morgan fingerprint density at radius 3 is 2.41 bits per heavy atom. The molecule has 1 heterocycles. The second kappa shape index (κ2) is 8.81. The fourth-order valence-electron chi connectivity index (χ4n) is 2.35. The third-order valence-corrected chi connectivity index (χ3v) is 6.87. The molecule has 0 radical (unpaired) electrons. The van der Waals surface area contributed by atoms with Crippen LogP contribution in [0, 0.1) is 0 Å². The van der Waals surface area contributed by atoms with Crippen LogP contribution in [0.5, 0.6) is 0 Å². The van der Waals surface area contributed by atoms with Crippen molar-refractivity contribution in [3.05, 3.63) is 76.2 Å². The molecule has 0 bridgehead atoms. The second-order valence-corrected chi connectivity index (χ2v) is 9.64. The normalized spacial score (nSPS) is 12.3. The summed E-state index contributed by atoms with van der Waals surface area (Å²) in [5, 5.41) is 2.70. The van der Waals surface area contributed by atoms with Gasteiger partial charge < -0.3 is 10.3 Å². The number of carbonyl (C=O) groups excluding carboxylic acids is 1. The van der Waals surface area contributed by atoms with Crippen LogP contribution in [0.15, 0.2) is 80.5 Å². The molecule has 0 spiro atoms. The molecule has 29 heavy (non-hydrogen) atoms. The number of aromatic nitrogens is 2. The van der Waals surface area contributed by atoms with Gasteiger partial charge in [0.2, 0.25) is 15.7 Å². The number of para-hydroxylation sites is 1. The van der Waals surface area contributed by atoms with Crippen molar-refractivity contribution in [1.82, 2.24) is 9.97 Å². The summed E-state index contributed by atoms with van der Waals surface area (Å²) in [6.45, 7) is 1.65. The highest BCUT2D eigenvalue weighted by Crippen LogP contribution is 2.23. The van der Waals surface area contributed by atoms with Crippen molar-refractivity contribution in [1.29, 1.82) is 0 Å². The van der Waals surface area contributed by atoms with Crippen LogP contribution < -0.4 is 10.9 Å². The Morgan fingerprint density at radius 1 is 1.14 bits per heavy atom. The Balaban J connectivity index is 1.76. The molecular formula is C19H16ClN3O4S2. The summed E-state index contributed by atoms with van der Waals surface area (Å²) < 4.78 is 25.3. The molecule has 0 aliphatic heterocycles. The maximum absolute atomic E-state index is 12.6. The number of aromatic amines is 1. The molecule has 1 amide bonds. The number of nitrogens with one attached hydrogen (secondary N) is 2. The molecule has 150 valence electrons. The van der Waals surface area contributed by atoms with E-state index in [1.54, 1.807) is 31.2 Å². The number of benzene rings is 2. The molecule has 3 rings (SSSR count). The molecule has 10 heteroatoms. The average molecular weight is 450 g/mol. The summed E-state index contributed by atoms with van der Waals surface area (Å²) in [6.07, 6.45) is 0.993. The van der Waals surface area contributed by atoms with Crippen LogP contribution in [0.4, 0.5) is 5.69 Å². The Kier molecular flexibility index (Phi) is 6.41.